The number of benzene rings is 2. The number of carbonyl (C=O) groups is 2. The normalized spacial score (nSPS) is 18.9. The first kappa shape index (κ1) is 23.2. The van der Waals surface area contributed by atoms with E-state index in [0.717, 1.165) is 47.2 Å². The maximum Gasteiger partial charge on any atom is 0.176 e. The average molecular weight is 543 g/mol. The van der Waals surface area contributed by atoms with Crippen LogP contribution in [0.2, 0.25) is 5.02 Å². The lowest BCUT2D eigenvalue weighted by molar-refractivity contribution is -0.116. The van der Waals surface area contributed by atoms with Crippen LogP contribution in [-0.4, -0.2) is 23.3 Å². The van der Waals surface area contributed by atoms with E-state index in [4.69, 9.17) is 16.3 Å². The van der Waals surface area contributed by atoms with E-state index in [0.29, 0.717) is 36.2 Å². The Morgan fingerprint density at radius 2 is 1.59 bits per heavy atom. The highest BCUT2D eigenvalue weighted by molar-refractivity contribution is 9.10. The van der Waals surface area contributed by atoms with Crippen molar-refractivity contribution in [2.75, 3.05) is 11.5 Å². The summed E-state index contributed by atoms with van der Waals surface area (Å²) in [6, 6.07) is 11.4. The van der Waals surface area contributed by atoms with Gasteiger partial charge in [0, 0.05) is 51.5 Å². The van der Waals surface area contributed by atoms with Crippen LogP contribution >= 0.6 is 27.5 Å². The van der Waals surface area contributed by atoms with E-state index in [9.17, 15) is 14.7 Å². The van der Waals surface area contributed by atoms with Crippen LogP contribution < -0.4 is 9.64 Å². The van der Waals surface area contributed by atoms with Crippen LogP contribution in [0.1, 0.15) is 56.9 Å². The van der Waals surface area contributed by atoms with Crippen molar-refractivity contribution < 1.29 is 19.4 Å². The molecule has 0 unspecified atom stereocenters. The molecule has 1 heterocycles. The Morgan fingerprint density at radius 1 is 1.00 bits per heavy atom. The summed E-state index contributed by atoms with van der Waals surface area (Å²) in [4.78, 5) is 29.0. The van der Waals surface area contributed by atoms with Gasteiger partial charge in [-0.2, -0.15) is 0 Å². The fraction of sp³-hybridized carbons (Fsp3) is 0.333. The summed E-state index contributed by atoms with van der Waals surface area (Å²) < 4.78 is 6.59. The second-order valence-corrected chi connectivity index (χ2v) is 10.1. The summed E-state index contributed by atoms with van der Waals surface area (Å²) in [5.74, 6) is -0.278. The molecule has 7 heteroatoms. The van der Waals surface area contributed by atoms with Gasteiger partial charge in [-0.3, -0.25) is 9.59 Å². The van der Waals surface area contributed by atoms with Crippen LogP contribution in [0.25, 0.3) is 0 Å². The quantitative estimate of drug-likeness (QED) is 0.459. The van der Waals surface area contributed by atoms with Gasteiger partial charge < -0.3 is 14.7 Å². The van der Waals surface area contributed by atoms with E-state index < -0.39 is 5.92 Å². The minimum absolute atomic E-state index is 0.0560. The highest BCUT2D eigenvalue weighted by Crippen LogP contribution is 2.52. The van der Waals surface area contributed by atoms with Crippen molar-refractivity contribution in [2.45, 2.75) is 51.4 Å². The number of rotatable bonds is 4. The second kappa shape index (κ2) is 9.23. The zero-order valence-corrected chi connectivity index (χ0v) is 21.2. The molecule has 2 aliphatic carbocycles. The molecule has 0 fully saturated rings. The molecule has 1 N–H and O–H groups in total. The third kappa shape index (κ3) is 3.87. The minimum atomic E-state index is -0.519. The zero-order valence-electron chi connectivity index (χ0n) is 18.9. The summed E-state index contributed by atoms with van der Waals surface area (Å²) in [6.45, 7) is 2.18. The smallest absolute Gasteiger partial charge is 0.176 e. The van der Waals surface area contributed by atoms with Gasteiger partial charge in [0.05, 0.1) is 11.6 Å². The van der Waals surface area contributed by atoms with Gasteiger partial charge in [-0.15, -0.1) is 0 Å². The van der Waals surface area contributed by atoms with Crippen LogP contribution in [0, 0.1) is 0 Å². The lowest BCUT2D eigenvalue weighted by Gasteiger charge is -2.44. The number of carbonyl (C=O) groups excluding carboxylic acids is 2. The monoisotopic (exact) mass is 541 g/mol. The molecule has 0 atom stereocenters. The number of phenols is 1. The first-order valence-electron chi connectivity index (χ1n) is 11.6. The Morgan fingerprint density at radius 3 is 2.15 bits per heavy atom. The number of allylic oxidation sites excluding steroid dienone is 4. The number of hydrogen-bond acceptors (Lipinski definition) is 5. The lowest BCUT2D eigenvalue weighted by atomic mass is 9.70. The van der Waals surface area contributed by atoms with Gasteiger partial charge in [-0.25, -0.2) is 0 Å². The van der Waals surface area contributed by atoms with Crippen molar-refractivity contribution in [2.24, 2.45) is 0 Å². The van der Waals surface area contributed by atoms with E-state index in [1.807, 2.05) is 31.2 Å². The number of anilines is 1. The van der Waals surface area contributed by atoms with E-state index in [1.54, 1.807) is 12.1 Å². The number of Topliss-reactive ketones (excluding diaryl/α,β-unsaturated/α-hetero) is 2. The number of ketones is 2. The van der Waals surface area contributed by atoms with Crippen molar-refractivity contribution in [3.8, 4) is 11.5 Å². The molecule has 5 rings (SSSR count). The van der Waals surface area contributed by atoms with Gasteiger partial charge >= 0.3 is 0 Å². The van der Waals surface area contributed by atoms with E-state index in [1.165, 1.54) is 0 Å². The van der Waals surface area contributed by atoms with Crippen molar-refractivity contribution in [3.05, 3.63) is 74.0 Å². The van der Waals surface area contributed by atoms with Gasteiger partial charge in [0.1, 0.15) is 0 Å². The summed E-state index contributed by atoms with van der Waals surface area (Å²) in [5.41, 5.74) is 4.88. The Balaban J connectivity index is 1.78. The Hall–Kier alpha value is -2.57. The SMILES string of the molecule is CCOc1cc(C2C3=C(CCCC3=O)N(c3ccc(Br)cc3)C3=C2C(=O)CCC3)cc(Cl)c1O. The molecule has 5 nitrogen and oxygen atoms in total. The minimum Gasteiger partial charge on any atom is -0.503 e. The summed E-state index contributed by atoms with van der Waals surface area (Å²) >= 11 is 9.89. The fourth-order valence-electron chi connectivity index (χ4n) is 5.38. The van der Waals surface area contributed by atoms with Gasteiger partial charge in [0.15, 0.2) is 23.1 Å². The molecule has 0 bridgehead atoms. The Labute approximate surface area is 212 Å². The molecule has 1 aliphatic heterocycles. The number of hydrogen-bond donors (Lipinski definition) is 1. The number of nitrogens with zero attached hydrogens (tertiary/aromatic N) is 1. The van der Waals surface area contributed by atoms with Crippen molar-refractivity contribution in [1.29, 1.82) is 0 Å². The van der Waals surface area contributed by atoms with Gasteiger partial charge in [0.25, 0.3) is 0 Å². The van der Waals surface area contributed by atoms with Crippen molar-refractivity contribution in [3.63, 3.8) is 0 Å². The number of phenolic OH excluding ortho intramolecular Hbond substituents is 1. The third-order valence-corrected chi connectivity index (χ3v) is 7.56. The molecule has 0 saturated heterocycles. The zero-order chi connectivity index (χ0) is 24.0. The molecule has 3 aliphatic rings. The van der Waals surface area contributed by atoms with Crippen LogP contribution in [0.15, 0.2) is 63.4 Å². The van der Waals surface area contributed by atoms with E-state index in [-0.39, 0.29) is 28.1 Å². The molecule has 0 saturated carbocycles. The van der Waals surface area contributed by atoms with E-state index in [2.05, 4.69) is 20.8 Å². The molecule has 0 spiro atoms. The highest BCUT2D eigenvalue weighted by atomic mass is 79.9. The molecular weight excluding hydrogens is 518 g/mol. The Bertz CT molecular complexity index is 1200. The molecule has 0 amide bonds. The molecule has 2 aromatic rings. The summed E-state index contributed by atoms with van der Waals surface area (Å²) in [5, 5.41) is 10.6. The second-order valence-electron chi connectivity index (χ2n) is 8.80. The topological polar surface area (TPSA) is 66.8 Å². The predicted molar refractivity (Wildman–Crippen MR) is 135 cm³/mol. The summed E-state index contributed by atoms with van der Waals surface area (Å²) in [7, 11) is 0. The largest absolute Gasteiger partial charge is 0.503 e. The number of aromatic hydroxyl groups is 1. The molecule has 2 aromatic carbocycles. The maximum atomic E-state index is 13.4. The Kier molecular flexibility index (Phi) is 6.30. The van der Waals surface area contributed by atoms with E-state index >= 15 is 0 Å². The van der Waals surface area contributed by atoms with Crippen molar-refractivity contribution >= 4 is 44.8 Å². The number of halogens is 2. The predicted octanol–water partition coefficient (Wildman–Crippen LogP) is 6.82. The lowest BCUT2D eigenvalue weighted by Crippen LogP contribution is -2.39. The highest BCUT2D eigenvalue weighted by Gasteiger charge is 2.44. The first-order valence-corrected chi connectivity index (χ1v) is 12.8. The fourth-order valence-corrected chi connectivity index (χ4v) is 5.86. The average Bonchev–Trinajstić information content (AvgIpc) is 2.82. The van der Waals surface area contributed by atoms with Gasteiger partial charge in [-0.05, 0) is 74.6 Å². The third-order valence-electron chi connectivity index (χ3n) is 6.74. The molecule has 34 heavy (non-hydrogen) atoms. The first-order chi connectivity index (χ1) is 16.4. The standard InChI is InChI=1S/C27H25BrClNO4/c1-2-34-23-14-15(13-18(29)27(23)33)24-25-19(5-3-7-21(25)31)30(17-11-9-16(28)10-12-17)20-6-4-8-22(32)26(20)24/h9-14,24,33H,2-8H2,1H3. The van der Waals surface area contributed by atoms with Crippen LogP contribution in [0.3, 0.4) is 0 Å². The van der Waals surface area contributed by atoms with Gasteiger partial charge in [0.2, 0.25) is 0 Å². The van der Waals surface area contributed by atoms with Crippen molar-refractivity contribution in [1.82, 2.24) is 0 Å². The maximum absolute atomic E-state index is 13.4. The van der Waals surface area contributed by atoms with Crippen LogP contribution in [0.5, 0.6) is 11.5 Å². The molecular formula is C27H25BrClNO4. The molecule has 0 radical (unpaired) electrons. The van der Waals surface area contributed by atoms with Crippen LogP contribution in [-0.2, 0) is 9.59 Å². The number of ether oxygens (including phenoxy) is 1. The van der Waals surface area contributed by atoms with Gasteiger partial charge in [-0.1, -0.05) is 27.5 Å². The van der Waals surface area contributed by atoms with Crippen LogP contribution in [0.4, 0.5) is 5.69 Å². The molecule has 0 aromatic heterocycles. The summed E-state index contributed by atoms with van der Waals surface area (Å²) in [6.07, 6.45) is 3.95. The molecule has 176 valence electrons.